The van der Waals surface area contributed by atoms with Crippen molar-refractivity contribution in [2.24, 2.45) is 0 Å². The fourth-order valence-electron chi connectivity index (χ4n) is 1.99. The minimum atomic E-state index is -0.835. The Hall–Kier alpha value is -0.610. The molecule has 0 radical (unpaired) electrons. The van der Waals surface area contributed by atoms with E-state index in [0.29, 0.717) is 13.0 Å². The summed E-state index contributed by atoms with van der Waals surface area (Å²) in [7, 11) is 1.73. The second kappa shape index (κ2) is 5.64. The van der Waals surface area contributed by atoms with Crippen molar-refractivity contribution in [3.05, 3.63) is 0 Å². The summed E-state index contributed by atoms with van der Waals surface area (Å²) in [6.45, 7) is 4.54. The number of nitrogens with zero attached hydrogens (tertiary/aromatic N) is 1. The first-order valence-corrected chi connectivity index (χ1v) is 5.96. The highest BCUT2D eigenvalue weighted by Crippen LogP contribution is 2.16. The van der Waals surface area contributed by atoms with Gasteiger partial charge in [0, 0.05) is 20.2 Å². The van der Waals surface area contributed by atoms with Crippen LogP contribution in [0.3, 0.4) is 0 Å². The Bertz CT molecular complexity index is 229. The van der Waals surface area contributed by atoms with Crippen LogP contribution in [0.1, 0.15) is 39.5 Å². The summed E-state index contributed by atoms with van der Waals surface area (Å²) < 4.78 is 5.52. The van der Waals surface area contributed by atoms with Crippen LogP contribution in [0.4, 0.5) is 0 Å². The monoisotopic (exact) mass is 229 g/mol. The normalized spacial score (nSPS) is 21.9. The van der Waals surface area contributed by atoms with Gasteiger partial charge in [-0.1, -0.05) is 0 Å². The van der Waals surface area contributed by atoms with Crippen molar-refractivity contribution in [2.45, 2.75) is 51.2 Å². The lowest BCUT2D eigenvalue weighted by Crippen LogP contribution is -2.41. The predicted octanol–water partition coefficient (Wildman–Crippen LogP) is 1.17. The molecule has 94 valence electrons. The van der Waals surface area contributed by atoms with E-state index in [-0.39, 0.29) is 12.0 Å². The molecule has 1 saturated heterocycles. The fourth-order valence-corrected chi connectivity index (χ4v) is 1.99. The molecule has 1 atom stereocenters. The predicted molar refractivity (Wildman–Crippen MR) is 62.1 cm³/mol. The maximum absolute atomic E-state index is 11.8. The molecule has 1 fully saturated rings. The molecule has 1 heterocycles. The van der Waals surface area contributed by atoms with E-state index in [1.54, 1.807) is 25.8 Å². The Kier molecular flexibility index (Phi) is 4.74. The van der Waals surface area contributed by atoms with Crippen molar-refractivity contribution in [2.75, 3.05) is 20.2 Å². The van der Waals surface area contributed by atoms with Gasteiger partial charge in [-0.2, -0.15) is 0 Å². The van der Waals surface area contributed by atoms with Gasteiger partial charge in [0.15, 0.2) is 0 Å². The SMILES string of the molecule is CN(CC(C)(C)O)C(=O)CC1CCCCO1. The van der Waals surface area contributed by atoms with E-state index in [1.807, 2.05) is 0 Å². The van der Waals surface area contributed by atoms with Crippen LogP contribution < -0.4 is 0 Å². The van der Waals surface area contributed by atoms with Crippen molar-refractivity contribution in [3.8, 4) is 0 Å². The number of hydrogen-bond donors (Lipinski definition) is 1. The van der Waals surface area contributed by atoms with E-state index in [4.69, 9.17) is 4.74 Å². The summed E-state index contributed by atoms with van der Waals surface area (Å²) in [5.74, 6) is 0.0500. The first-order valence-electron chi connectivity index (χ1n) is 5.96. The van der Waals surface area contributed by atoms with Gasteiger partial charge >= 0.3 is 0 Å². The highest BCUT2D eigenvalue weighted by Gasteiger charge is 2.23. The molecule has 0 aliphatic carbocycles. The van der Waals surface area contributed by atoms with Crippen molar-refractivity contribution >= 4 is 5.91 Å². The Morgan fingerprint density at radius 2 is 2.19 bits per heavy atom. The third-order valence-corrected chi connectivity index (χ3v) is 2.73. The smallest absolute Gasteiger partial charge is 0.225 e. The quantitative estimate of drug-likeness (QED) is 0.787. The molecule has 1 N–H and O–H groups in total. The Morgan fingerprint density at radius 3 is 2.69 bits per heavy atom. The number of carbonyl (C=O) groups excluding carboxylic acids is 1. The van der Waals surface area contributed by atoms with Crippen LogP contribution in [0.15, 0.2) is 0 Å². The average molecular weight is 229 g/mol. The van der Waals surface area contributed by atoms with E-state index in [0.717, 1.165) is 25.9 Å². The molecule has 4 nitrogen and oxygen atoms in total. The van der Waals surface area contributed by atoms with Crippen LogP contribution in [0.25, 0.3) is 0 Å². The molecule has 1 rings (SSSR count). The third-order valence-electron chi connectivity index (χ3n) is 2.73. The van der Waals surface area contributed by atoms with Gasteiger partial charge < -0.3 is 14.7 Å². The van der Waals surface area contributed by atoms with Crippen molar-refractivity contribution in [1.29, 1.82) is 0 Å². The molecule has 1 aliphatic heterocycles. The molecule has 0 aromatic heterocycles. The van der Waals surface area contributed by atoms with Crippen LogP contribution >= 0.6 is 0 Å². The lowest BCUT2D eigenvalue weighted by atomic mass is 10.1. The molecule has 16 heavy (non-hydrogen) atoms. The van der Waals surface area contributed by atoms with Crippen LogP contribution in [0.2, 0.25) is 0 Å². The third kappa shape index (κ3) is 4.94. The summed E-state index contributed by atoms with van der Waals surface area (Å²) in [4.78, 5) is 13.4. The summed E-state index contributed by atoms with van der Waals surface area (Å²) in [5, 5.41) is 9.62. The van der Waals surface area contributed by atoms with Gasteiger partial charge in [0.2, 0.25) is 5.91 Å². The Labute approximate surface area is 97.6 Å². The molecule has 1 amide bonds. The molecule has 4 heteroatoms. The molecule has 0 spiro atoms. The lowest BCUT2D eigenvalue weighted by molar-refractivity contribution is -0.136. The number of hydrogen-bond acceptors (Lipinski definition) is 3. The Balaban J connectivity index is 2.33. The standard InChI is InChI=1S/C12H23NO3/c1-12(2,15)9-13(3)11(14)8-10-6-4-5-7-16-10/h10,15H,4-9H2,1-3H3. The summed E-state index contributed by atoms with van der Waals surface area (Å²) in [5.41, 5.74) is -0.835. The highest BCUT2D eigenvalue weighted by molar-refractivity contribution is 5.76. The second-order valence-corrected chi connectivity index (χ2v) is 5.25. The lowest BCUT2D eigenvalue weighted by Gasteiger charge is -2.28. The Morgan fingerprint density at radius 1 is 1.50 bits per heavy atom. The first kappa shape index (κ1) is 13.5. The zero-order chi connectivity index (χ0) is 12.2. The number of carbonyl (C=O) groups is 1. The molecule has 0 bridgehead atoms. The summed E-state index contributed by atoms with van der Waals surface area (Å²) in [6.07, 6.45) is 3.73. The average Bonchev–Trinajstić information content (AvgIpc) is 2.16. The van der Waals surface area contributed by atoms with E-state index in [1.165, 1.54) is 0 Å². The fraction of sp³-hybridized carbons (Fsp3) is 0.917. The minimum Gasteiger partial charge on any atom is -0.389 e. The topological polar surface area (TPSA) is 49.8 Å². The number of amides is 1. The molecular formula is C12H23NO3. The second-order valence-electron chi connectivity index (χ2n) is 5.25. The molecule has 1 unspecified atom stereocenters. The molecule has 0 aromatic carbocycles. The van der Waals surface area contributed by atoms with Gasteiger partial charge in [0.1, 0.15) is 0 Å². The minimum absolute atomic E-state index is 0.0500. The van der Waals surface area contributed by atoms with E-state index >= 15 is 0 Å². The van der Waals surface area contributed by atoms with Crippen LogP contribution in [0.5, 0.6) is 0 Å². The van der Waals surface area contributed by atoms with Crippen LogP contribution in [0, 0.1) is 0 Å². The van der Waals surface area contributed by atoms with Gasteiger partial charge in [-0.05, 0) is 33.1 Å². The zero-order valence-corrected chi connectivity index (χ0v) is 10.5. The molecule has 0 saturated carbocycles. The molecule has 0 aromatic rings. The summed E-state index contributed by atoms with van der Waals surface area (Å²) in [6, 6.07) is 0. The van der Waals surface area contributed by atoms with Gasteiger partial charge in [0.25, 0.3) is 0 Å². The molecule has 1 aliphatic rings. The van der Waals surface area contributed by atoms with Gasteiger partial charge in [0.05, 0.1) is 18.1 Å². The highest BCUT2D eigenvalue weighted by atomic mass is 16.5. The van der Waals surface area contributed by atoms with Crippen molar-refractivity contribution in [1.82, 2.24) is 4.90 Å². The van der Waals surface area contributed by atoms with E-state index in [9.17, 15) is 9.90 Å². The first-order chi connectivity index (χ1) is 7.38. The van der Waals surface area contributed by atoms with Crippen molar-refractivity contribution in [3.63, 3.8) is 0 Å². The van der Waals surface area contributed by atoms with E-state index in [2.05, 4.69) is 0 Å². The molecular weight excluding hydrogens is 206 g/mol. The maximum Gasteiger partial charge on any atom is 0.225 e. The van der Waals surface area contributed by atoms with Gasteiger partial charge in [-0.15, -0.1) is 0 Å². The largest absolute Gasteiger partial charge is 0.389 e. The van der Waals surface area contributed by atoms with Gasteiger partial charge in [-0.3, -0.25) is 4.79 Å². The zero-order valence-electron chi connectivity index (χ0n) is 10.5. The maximum atomic E-state index is 11.8. The van der Waals surface area contributed by atoms with Crippen LogP contribution in [-0.2, 0) is 9.53 Å². The number of likely N-dealkylation sites (N-methyl/N-ethyl adjacent to an activating group) is 1. The number of ether oxygens (including phenoxy) is 1. The number of rotatable bonds is 4. The van der Waals surface area contributed by atoms with Crippen molar-refractivity contribution < 1.29 is 14.6 Å². The van der Waals surface area contributed by atoms with E-state index < -0.39 is 5.60 Å². The number of aliphatic hydroxyl groups is 1. The van der Waals surface area contributed by atoms with Gasteiger partial charge in [-0.25, -0.2) is 0 Å². The van der Waals surface area contributed by atoms with Crippen LogP contribution in [-0.4, -0.2) is 47.8 Å². The summed E-state index contributed by atoms with van der Waals surface area (Å²) >= 11 is 0.